The third kappa shape index (κ3) is 3.72. The first-order valence-corrected chi connectivity index (χ1v) is 5.58. The number of aliphatic hydroxyl groups is 1. The minimum Gasteiger partial charge on any atom is -0.507 e. The highest BCUT2D eigenvalue weighted by Gasteiger charge is 2.37. The summed E-state index contributed by atoms with van der Waals surface area (Å²) in [6.07, 6.45) is -4.78. The molecule has 1 N–H and O–H groups in total. The van der Waals surface area contributed by atoms with Gasteiger partial charge >= 0.3 is 6.18 Å². The summed E-state index contributed by atoms with van der Waals surface area (Å²) in [6, 6.07) is 4.80. The summed E-state index contributed by atoms with van der Waals surface area (Å²) in [4.78, 5) is 10.7. The topological polar surface area (TPSA) is 37.3 Å². The Morgan fingerprint density at radius 3 is 2.47 bits per heavy atom. The molecule has 1 aromatic carbocycles. The number of ketones is 1. The van der Waals surface area contributed by atoms with Crippen molar-refractivity contribution in [2.45, 2.75) is 13.1 Å². The average molecular weight is 356 g/mol. The van der Waals surface area contributed by atoms with Crippen LogP contribution in [0.4, 0.5) is 13.2 Å². The summed E-state index contributed by atoms with van der Waals surface area (Å²) in [5.74, 6) is -2.76. The molecule has 0 bridgehead atoms. The highest BCUT2D eigenvalue weighted by Crippen LogP contribution is 2.23. The molecule has 1 rings (SSSR count). The van der Waals surface area contributed by atoms with Crippen LogP contribution in [0.1, 0.15) is 11.1 Å². The van der Waals surface area contributed by atoms with Crippen LogP contribution in [-0.4, -0.2) is 17.1 Å². The molecule has 0 unspecified atom stereocenters. The molecule has 0 aromatic heterocycles. The van der Waals surface area contributed by atoms with E-state index in [9.17, 15) is 23.1 Å². The molecule has 92 valence electrons. The predicted octanol–water partition coefficient (Wildman–Crippen LogP) is 3.63. The molecule has 0 fully saturated rings. The zero-order valence-electron chi connectivity index (χ0n) is 8.68. The largest absolute Gasteiger partial charge is 0.507 e. The number of allylic oxidation sites excluding steroid dienone is 1. The van der Waals surface area contributed by atoms with E-state index in [0.29, 0.717) is 3.57 Å². The van der Waals surface area contributed by atoms with Gasteiger partial charge < -0.3 is 5.11 Å². The molecule has 0 atom stereocenters. The zero-order chi connectivity index (χ0) is 13.2. The molecular formula is C11H8F3IO2. The third-order valence-corrected chi connectivity index (χ3v) is 2.84. The maximum Gasteiger partial charge on any atom is 0.454 e. The lowest BCUT2D eigenvalue weighted by Gasteiger charge is -2.05. The van der Waals surface area contributed by atoms with Gasteiger partial charge in [-0.3, -0.25) is 4.79 Å². The van der Waals surface area contributed by atoms with E-state index >= 15 is 0 Å². The van der Waals surface area contributed by atoms with Crippen LogP contribution in [0.2, 0.25) is 0 Å². The van der Waals surface area contributed by atoms with Gasteiger partial charge in [-0.05, 0) is 41.6 Å². The van der Waals surface area contributed by atoms with Crippen LogP contribution in [0.25, 0.3) is 5.76 Å². The number of halogens is 4. The molecule has 1 aromatic rings. The molecule has 0 amide bonds. The first kappa shape index (κ1) is 14.0. The highest BCUT2D eigenvalue weighted by atomic mass is 127. The number of carbonyl (C=O) groups excluding carboxylic acids is 1. The lowest BCUT2D eigenvalue weighted by atomic mass is 10.1. The van der Waals surface area contributed by atoms with Gasteiger partial charge in [0, 0.05) is 15.2 Å². The third-order valence-electron chi connectivity index (χ3n) is 1.95. The second-order valence-electron chi connectivity index (χ2n) is 3.37. The van der Waals surface area contributed by atoms with Crippen LogP contribution in [0.15, 0.2) is 24.3 Å². The maximum absolute atomic E-state index is 12.0. The Morgan fingerprint density at radius 1 is 1.41 bits per heavy atom. The highest BCUT2D eigenvalue weighted by molar-refractivity contribution is 14.1. The number of rotatable bonds is 2. The van der Waals surface area contributed by atoms with E-state index in [-0.39, 0.29) is 11.6 Å². The van der Waals surface area contributed by atoms with Crippen molar-refractivity contribution in [2.75, 3.05) is 0 Å². The average Bonchev–Trinajstić information content (AvgIpc) is 2.15. The molecule has 0 aliphatic rings. The van der Waals surface area contributed by atoms with Gasteiger partial charge in [0.1, 0.15) is 5.76 Å². The lowest BCUT2D eigenvalue weighted by molar-refractivity contribution is -0.165. The normalized spacial score (nSPS) is 12.6. The number of hydrogen-bond donors (Lipinski definition) is 1. The van der Waals surface area contributed by atoms with Crippen LogP contribution in [0, 0.1) is 10.5 Å². The van der Waals surface area contributed by atoms with Crippen molar-refractivity contribution in [2.24, 2.45) is 0 Å². The Kier molecular flexibility index (Phi) is 4.18. The van der Waals surface area contributed by atoms with Crippen molar-refractivity contribution in [1.82, 2.24) is 0 Å². The van der Waals surface area contributed by atoms with Crippen molar-refractivity contribution in [3.63, 3.8) is 0 Å². The van der Waals surface area contributed by atoms with Gasteiger partial charge in [-0.25, -0.2) is 0 Å². The minimum absolute atomic E-state index is 0.187. The molecule has 0 aliphatic carbocycles. The number of aryl methyl sites for hydroxylation is 1. The van der Waals surface area contributed by atoms with Crippen molar-refractivity contribution < 1.29 is 23.1 Å². The number of alkyl halides is 3. The van der Waals surface area contributed by atoms with Gasteiger partial charge in [-0.2, -0.15) is 13.2 Å². The summed E-state index contributed by atoms with van der Waals surface area (Å²) >= 11 is 1.88. The van der Waals surface area contributed by atoms with Crippen molar-refractivity contribution in [3.05, 3.63) is 39.0 Å². The van der Waals surface area contributed by atoms with Crippen LogP contribution < -0.4 is 0 Å². The second-order valence-corrected chi connectivity index (χ2v) is 4.54. The molecule has 0 radical (unpaired) electrons. The Hall–Kier alpha value is -1.05. The van der Waals surface area contributed by atoms with Crippen molar-refractivity contribution in [1.29, 1.82) is 0 Å². The van der Waals surface area contributed by atoms with Gasteiger partial charge in [0.2, 0.25) is 0 Å². The molecule has 0 heterocycles. The SMILES string of the molecule is Cc1ccc(C(O)=CC(=O)C(F)(F)F)c(I)c1. The van der Waals surface area contributed by atoms with Crippen LogP contribution >= 0.6 is 22.6 Å². The molecule has 0 aliphatic heterocycles. The van der Waals surface area contributed by atoms with Crippen molar-refractivity contribution >= 4 is 34.1 Å². The van der Waals surface area contributed by atoms with Gasteiger partial charge in [-0.1, -0.05) is 11.6 Å². The zero-order valence-corrected chi connectivity index (χ0v) is 10.8. The van der Waals surface area contributed by atoms with E-state index in [2.05, 4.69) is 0 Å². The number of aliphatic hydroxyl groups excluding tert-OH is 1. The number of benzene rings is 1. The Morgan fingerprint density at radius 2 is 2.00 bits per heavy atom. The van der Waals surface area contributed by atoms with Gasteiger partial charge in [0.25, 0.3) is 5.78 Å². The molecular weight excluding hydrogens is 348 g/mol. The summed E-state index contributed by atoms with van der Waals surface area (Å²) in [7, 11) is 0. The fourth-order valence-corrected chi connectivity index (χ4v) is 2.06. The Balaban J connectivity index is 3.09. The predicted molar refractivity (Wildman–Crippen MR) is 65.6 cm³/mol. The van der Waals surface area contributed by atoms with Crippen LogP contribution in [0.5, 0.6) is 0 Å². The Bertz CT molecular complexity index is 478. The van der Waals surface area contributed by atoms with Crippen LogP contribution in [0.3, 0.4) is 0 Å². The quantitative estimate of drug-likeness (QED) is 0.499. The lowest BCUT2D eigenvalue weighted by Crippen LogP contribution is -2.20. The summed E-state index contributed by atoms with van der Waals surface area (Å²) in [5, 5.41) is 9.46. The second kappa shape index (κ2) is 5.07. The van der Waals surface area contributed by atoms with E-state index in [1.165, 1.54) is 6.07 Å². The standard InChI is InChI=1S/C11H8F3IO2/c1-6-2-3-7(8(15)4-6)9(16)5-10(17)11(12,13)14/h2-5,16H,1H3. The molecule has 0 saturated heterocycles. The van der Waals surface area contributed by atoms with Crippen LogP contribution in [-0.2, 0) is 4.79 Å². The van der Waals surface area contributed by atoms with Crippen molar-refractivity contribution in [3.8, 4) is 0 Å². The summed E-state index contributed by atoms with van der Waals surface area (Å²) in [5.41, 5.74) is 1.11. The molecule has 0 saturated carbocycles. The summed E-state index contributed by atoms with van der Waals surface area (Å²) in [6.45, 7) is 1.81. The monoisotopic (exact) mass is 356 g/mol. The number of carbonyl (C=O) groups is 1. The smallest absolute Gasteiger partial charge is 0.454 e. The maximum atomic E-state index is 12.0. The van der Waals surface area contributed by atoms with Gasteiger partial charge in [-0.15, -0.1) is 0 Å². The Labute approximate surface area is 109 Å². The molecule has 2 nitrogen and oxygen atoms in total. The molecule has 6 heteroatoms. The van der Waals surface area contributed by atoms with E-state index in [0.717, 1.165) is 5.56 Å². The van der Waals surface area contributed by atoms with E-state index in [1.54, 1.807) is 12.1 Å². The van der Waals surface area contributed by atoms with E-state index in [4.69, 9.17) is 0 Å². The fourth-order valence-electron chi connectivity index (χ4n) is 1.11. The van der Waals surface area contributed by atoms with Gasteiger partial charge in [0.15, 0.2) is 0 Å². The van der Waals surface area contributed by atoms with E-state index < -0.39 is 17.7 Å². The fraction of sp³-hybridized carbons (Fsp3) is 0.182. The minimum atomic E-state index is -4.97. The molecule has 0 spiro atoms. The molecule has 17 heavy (non-hydrogen) atoms. The first-order valence-electron chi connectivity index (χ1n) is 4.50. The summed E-state index contributed by atoms with van der Waals surface area (Å²) < 4.78 is 36.5. The van der Waals surface area contributed by atoms with E-state index in [1.807, 2.05) is 29.5 Å². The van der Waals surface area contributed by atoms with Gasteiger partial charge in [0.05, 0.1) is 0 Å². The number of hydrogen-bond acceptors (Lipinski definition) is 2. The first-order chi connectivity index (χ1) is 7.71.